The van der Waals surface area contributed by atoms with Crippen LogP contribution in [0.2, 0.25) is 5.02 Å². The van der Waals surface area contributed by atoms with Crippen LogP contribution in [-0.4, -0.2) is 72.5 Å². The van der Waals surface area contributed by atoms with Crippen molar-refractivity contribution in [2.75, 3.05) is 49.4 Å². The molecule has 1 aliphatic heterocycles. The Morgan fingerprint density at radius 2 is 1.89 bits per heavy atom. The molecule has 38 heavy (non-hydrogen) atoms. The zero-order valence-corrected chi connectivity index (χ0v) is 22.0. The van der Waals surface area contributed by atoms with Gasteiger partial charge >= 0.3 is 0 Å². The number of halogens is 1. The number of carbonyl (C=O) groups excluding carboxylic acids is 3. The second-order valence-electron chi connectivity index (χ2n) is 9.66. The predicted octanol–water partition coefficient (Wildman–Crippen LogP) is 3.55. The molecule has 5 rings (SSSR count). The van der Waals surface area contributed by atoms with Crippen LogP contribution in [0.5, 0.6) is 0 Å². The maximum Gasteiger partial charge on any atom is 0.294 e. The van der Waals surface area contributed by atoms with Crippen molar-refractivity contribution in [3.05, 3.63) is 41.4 Å². The number of hydrogen-bond acceptors (Lipinski definition) is 8. The summed E-state index contributed by atoms with van der Waals surface area (Å²) in [6, 6.07) is 4.95. The molecule has 2 fully saturated rings. The first-order valence-electron chi connectivity index (χ1n) is 12.5. The van der Waals surface area contributed by atoms with E-state index in [-0.39, 0.29) is 41.8 Å². The standard InChI is InChI=1S/C26H29ClN6O5/c1-32(2)24-21-18(9-10-28-24)38-23(26(36)30-19-8-5-16(27)13-29-19)22(21)31-25(35)15-3-6-17(7-4-15)33-11-12-37-14-20(33)34/h5,8-10,13,15,17H,3-4,6-7,11-12,14H2,1-2H3,(H,31,35)(H,29,30,36). The van der Waals surface area contributed by atoms with Crippen molar-refractivity contribution in [2.45, 2.75) is 31.7 Å². The van der Waals surface area contributed by atoms with Gasteiger partial charge in [0.2, 0.25) is 17.6 Å². The fraction of sp³-hybridized carbons (Fsp3) is 0.423. The van der Waals surface area contributed by atoms with E-state index in [2.05, 4.69) is 20.6 Å². The highest BCUT2D eigenvalue weighted by Crippen LogP contribution is 2.38. The molecule has 4 heterocycles. The monoisotopic (exact) mass is 540 g/mol. The fourth-order valence-corrected chi connectivity index (χ4v) is 5.17. The fourth-order valence-electron chi connectivity index (χ4n) is 5.06. The first kappa shape index (κ1) is 25.9. The average molecular weight is 541 g/mol. The number of nitrogens with zero attached hydrogens (tertiary/aromatic N) is 4. The minimum absolute atomic E-state index is 0.00330. The maximum atomic E-state index is 13.5. The molecule has 11 nitrogen and oxygen atoms in total. The van der Waals surface area contributed by atoms with Crippen LogP contribution in [0.3, 0.4) is 0 Å². The number of anilines is 3. The van der Waals surface area contributed by atoms with Gasteiger partial charge in [-0.3, -0.25) is 14.4 Å². The number of aromatic nitrogens is 2. The molecule has 2 aliphatic rings. The van der Waals surface area contributed by atoms with Crippen molar-refractivity contribution in [1.82, 2.24) is 14.9 Å². The lowest BCUT2D eigenvalue weighted by atomic mass is 9.84. The largest absolute Gasteiger partial charge is 0.448 e. The number of ether oxygens (including phenoxy) is 1. The predicted molar refractivity (Wildman–Crippen MR) is 142 cm³/mol. The molecule has 1 saturated heterocycles. The number of pyridine rings is 2. The molecule has 0 unspecified atom stereocenters. The van der Waals surface area contributed by atoms with E-state index in [1.54, 1.807) is 29.3 Å². The molecule has 3 amide bonds. The number of carbonyl (C=O) groups is 3. The van der Waals surface area contributed by atoms with Gasteiger partial charge < -0.3 is 29.6 Å². The van der Waals surface area contributed by atoms with Gasteiger partial charge in [-0.25, -0.2) is 9.97 Å². The minimum Gasteiger partial charge on any atom is -0.448 e. The van der Waals surface area contributed by atoms with Crippen LogP contribution in [-0.2, 0) is 14.3 Å². The molecule has 0 aromatic carbocycles. The van der Waals surface area contributed by atoms with Gasteiger partial charge in [-0.1, -0.05) is 11.6 Å². The average Bonchev–Trinajstić information content (AvgIpc) is 3.29. The van der Waals surface area contributed by atoms with Crippen molar-refractivity contribution in [3.8, 4) is 0 Å². The summed E-state index contributed by atoms with van der Waals surface area (Å²) in [6.45, 7) is 1.24. The molecule has 0 spiro atoms. The molecule has 0 bridgehead atoms. The molecule has 0 radical (unpaired) electrons. The molecular weight excluding hydrogens is 512 g/mol. The second-order valence-corrected chi connectivity index (χ2v) is 10.1. The lowest BCUT2D eigenvalue weighted by Crippen LogP contribution is -2.49. The lowest BCUT2D eigenvalue weighted by molar-refractivity contribution is -0.146. The van der Waals surface area contributed by atoms with E-state index in [1.807, 2.05) is 19.0 Å². The third-order valence-corrected chi connectivity index (χ3v) is 7.18. The Balaban J connectivity index is 1.38. The molecule has 200 valence electrons. The summed E-state index contributed by atoms with van der Waals surface area (Å²) in [5.41, 5.74) is 0.682. The quantitative estimate of drug-likeness (QED) is 0.485. The zero-order valence-electron chi connectivity index (χ0n) is 21.2. The van der Waals surface area contributed by atoms with Crippen LogP contribution >= 0.6 is 11.6 Å². The number of nitrogens with one attached hydrogen (secondary N) is 2. The van der Waals surface area contributed by atoms with Crippen molar-refractivity contribution < 1.29 is 23.5 Å². The van der Waals surface area contributed by atoms with E-state index in [0.717, 1.165) is 12.8 Å². The highest BCUT2D eigenvalue weighted by atomic mass is 35.5. The molecule has 1 saturated carbocycles. The van der Waals surface area contributed by atoms with Crippen LogP contribution in [0.25, 0.3) is 11.0 Å². The molecule has 1 aliphatic carbocycles. The van der Waals surface area contributed by atoms with E-state index in [1.165, 1.54) is 6.20 Å². The smallest absolute Gasteiger partial charge is 0.294 e. The van der Waals surface area contributed by atoms with E-state index in [9.17, 15) is 14.4 Å². The van der Waals surface area contributed by atoms with Crippen LogP contribution in [0.1, 0.15) is 36.2 Å². The summed E-state index contributed by atoms with van der Waals surface area (Å²) >= 11 is 5.90. The topological polar surface area (TPSA) is 130 Å². The second kappa shape index (κ2) is 11.0. The van der Waals surface area contributed by atoms with Gasteiger partial charge in [0.1, 0.15) is 29.5 Å². The Morgan fingerprint density at radius 1 is 1.11 bits per heavy atom. The van der Waals surface area contributed by atoms with E-state index < -0.39 is 5.91 Å². The molecule has 12 heteroatoms. The van der Waals surface area contributed by atoms with Gasteiger partial charge in [0.25, 0.3) is 5.91 Å². The van der Waals surface area contributed by atoms with Gasteiger partial charge in [-0.05, 0) is 43.9 Å². The van der Waals surface area contributed by atoms with Crippen molar-refractivity contribution >= 4 is 57.6 Å². The Kier molecular flexibility index (Phi) is 7.48. The Hall–Kier alpha value is -3.70. The summed E-state index contributed by atoms with van der Waals surface area (Å²) in [5.74, 6) is -0.228. The third-order valence-electron chi connectivity index (χ3n) is 6.96. The number of hydrogen-bond donors (Lipinski definition) is 2. The highest BCUT2D eigenvalue weighted by Gasteiger charge is 2.34. The number of furan rings is 1. The molecular formula is C26H29ClN6O5. The lowest BCUT2D eigenvalue weighted by Gasteiger charge is -2.38. The minimum atomic E-state index is -0.564. The summed E-state index contributed by atoms with van der Waals surface area (Å²) in [7, 11) is 3.65. The van der Waals surface area contributed by atoms with Crippen LogP contribution < -0.4 is 15.5 Å². The summed E-state index contributed by atoms with van der Waals surface area (Å²) in [4.78, 5) is 51.2. The maximum absolute atomic E-state index is 13.5. The zero-order chi connectivity index (χ0) is 26.8. The number of rotatable bonds is 6. The van der Waals surface area contributed by atoms with Crippen LogP contribution in [0, 0.1) is 5.92 Å². The molecule has 3 aromatic heterocycles. The summed E-state index contributed by atoms with van der Waals surface area (Å²) < 4.78 is 11.2. The number of amides is 3. The number of fused-ring (bicyclic) bond motifs is 1. The molecule has 3 aromatic rings. The Labute approximate surface area is 224 Å². The highest BCUT2D eigenvalue weighted by molar-refractivity contribution is 6.30. The Morgan fingerprint density at radius 3 is 2.58 bits per heavy atom. The normalized spacial score (nSPS) is 19.9. The van der Waals surface area contributed by atoms with Crippen LogP contribution in [0.15, 0.2) is 35.0 Å². The Bertz CT molecular complexity index is 1350. The molecule has 2 N–H and O–H groups in total. The van der Waals surface area contributed by atoms with Crippen molar-refractivity contribution in [1.29, 1.82) is 0 Å². The summed E-state index contributed by atoms with van der Waals surface area (Å²) in [5, 5.41) is 6.65. The van der Waals surface area contributed by atoms with Gasteiger partial charge in [0.05, 0.1) is 17.0 Å². The van der Waals surface area contributed by atoms with E-state index in [0.29, 0.717) is 53.6 Å². The first-order valence-corrected chi connectivity index (χ1v) is 12.9. The van der Waals surface area contributed by atoms with Crippen LogP contribution in [0.4, 0.5) is 17.3 Å². The molecule has 0 atom stereocenters. The van der Waals surface area contributed by atoms with Crippen molar-refractivity contribution in [3.63, 3.8) is 0 Å². The first-order chi connectivity index (χ1) is 18.3. The number of morpholine rings is 1. The third kappa shape index (κ3) is 5.30. The van der Waals surface area contributed by atoms with Gasteiger partial charge in [-0.15, -0.1) is 0 Å². The van der Waals surface area contributed by atoms with Gasteiger partial charge in [0.15, 0.2) is 0 Å². The van der Waals surface area contributed by atoms with Gasteiger partial charge in [-0.2, -0.15) is 0 Å². The van der Waals surface area contributed by atoms with E-state index >= 15 is 0 Å². The van der Waals surface area contributed by atoms with Crippen molar-refractivity contribution in [2.24, 2.45) is 5.92 Å². The summed E-state index contributed by atoms with van der Waals surface area (Å²) in [6.07, 6.45) is 5.74. The SMILES string of the molecule is CN(C)c1nccc2oc(C(=O)Nc3ccc(Cl)cn3)c(NC(=O)C3CCC(N4CCOCC4=O)CC3)c12. The van der Waals surface area contributed by atoms with E-state index in [4.69, 9.17) is 20.8 Å². The van der Waals surface area contributed by atoms with Gasteiger partial charge in [0, 0.05) is 45.0 Å².